The quantitative estimate of drug-likeness (QED) is 0.213. The maximum atomic E-state index is 4.69. The molecule has 1 aliphatic heterocycles. The molecule has 0 spiro atoms. The summed E-state index contributed by atoms with van der Waals surface area (Å²) in [5, 5.41) is 0. The van der Waals surface area contributed by atoms with Gasteiger partial charge in [0.15, 0.2) is 0 Å². The Balaban J connectivity index is 0.00000241. The van der Waals surface area contributed by atoms with Crippen LogP contribution in [0.15, 0.2) is 122 Å². The molecule has 0 bridgehead atoms. The maximum Gasteiger partial charge on any atom is 0.403 e. The molecule has 2 aromatic heterocycles. The van der Waals surface area contributed by atoms with Crippen molar-refractivity contribution in [3.63, 3.8) is 0 Å². The average molecular weight is 616 g/mol. The summed E-state index contributed by atoms with van der Waals surface area (Å²) in [5.41, 5.74) is 6.75. The summed E-state index contributed by atoms with van der Waals surface area (Å²) in [6, 6.07) is 37.4. The van der Waals surface area contributed by atoms with Crippen molar-refractivity contribution in [2.75, 3.05) is 9.62 Å². The minimum absolute atomic E-state index is 0. The number of rotatable bonds is 4. The Morgan fingerprint density at radius 1 is 0.471 bits per heavy atom. The van der Waals surface area contributed by atoms with Crippen LogP contribution in [0.2, 0.25) is 0 Å². The fraction of sp³-hybridized carbons (Fsp3) is 0. The van der Waals surface area contributed by atoms with Crippen LogP contribution in [0.25, 0.3) is 22.3 Å². The molecule has 0 atom stereocenters. The van der Waals surface area contributed by atoms with Gasteiger partial charge < -0.3 is 9.62 Å². The molecule has 0 amide bonds. The summed E-state index contributed by atoms with van der Waals surface area (Å²) in [4.78, 5) is 13.6. The first kappa shape index (κ1) is 22.1. The third kappa shape index (κ3) is 4.14. The summed E-state index contributed by atoms with van der Waals surface area (Å²) in [6.45, 7) is 0. The van der Waals surface area contributed by atoms with Gasteiger partial charge in [0, 0.05) is 32.5 Å². The molecule has 34 heavy (non-hydrogen) atoms. The van der Waals surface area contributed by atoms with E-state index < -0.39 is 0 Å². The van der Waals surface area contributed by atoms with E-state index in [0.29, 0.717) is 0 Å². The summed E-state index contributed by atoms with van der Waals surface area (Å²) < 4.78 is 0. The zero-order valence-electron chi connectivity index (χ0n) is 18.2. The fourth-order valence-electron chi connectivity index (χ4n) is 4.20. The van der Waals surface area contributed by atoms with Crippen LogP contribution >= 0.6 is 0 Å². The molecule has 0 aliphatic carbocycles. The largest absolute Gasteiger partial charge is 0.403 e. The molecule has 0 saturated carbocycles. The van der Waals surface area contributed by atoms with Crippen LogP contribution in [0.5, 0.6) is 0 Å². The van der Waals surface area contributed by atoms with E-state index in [0.717, 1.165) is 34.1 Å². The Kier molecular flexibility index (Phi) is 6.26. The standard InChI is InChI=1S/C28H20BN4.Ir/c1-3-9-21(10-4-1)23-15-17-30-27(19-23)32-25-13-7-8-14-26(25)33(29-32)28-20-24(16-18-31-28)22-11-5-2-6-12-22;/h1-20H;. The summed E-state index contributed by atoms with van der Waals surface area (Å²) in [7, 11) is 2.07. The minimum Gasteiger partial charge on any atom is -0.351 e. The number of hydrogen-bond acceptors (Lipinski definition) is 4. The third-order valence-corrected chi connectivity index (χ3v) is 5.83. The second-order valence-electron chi connectivity index (χ2n) is 7.88. The smallest absolute Gasteiger partial charge is 0.351 e. The molecule has 2 radical (unpaired) electrons. The van der Waals surface area contributed by atoms with Crippen LogP contribution in [-0.2, 0) is 20.1 Å². The van der Waals surface area contributed by atoms with Crippen LogP contribution < -0.4 is 9.62 Å². The van der Waals surface area contributed by atoms with Gasteiger partial charge in [-0.25, -0.2) is 9.97 Å². The van der Waals surface area contributed by atoms with Gasteiger partial charge in [0.2, 0.25) is 0 Å². The van der Waals surface area contributed by atoms with Gasteiger partial charge in [-0.1, -0.05) is 72.8 Å². The molecule has 0 unspecified atom stereocenters. The zero-order valence-corrected chi connectivity index (χ0v) is 20.6. The van der Waals surface area contributed by atoms with Crippen molar-refractivity contribution >= 4 is 30.6 Å². The Hall–Kier alpha value is -3.73. The first-order chi connectivity index (χ1) is 16.4. The number of fused-ring (bicyclic) bond motifs is 1. The van der Waals surface area contributed by atoms with Gasteiger partial charge in [-0.05, 0) is 58.7 Å². The number of benzene rings is 3. The SMILES string of the molecule is [B]1N(c2cc(-c3ccccc3)ccn2)c2ccccc2N1c1cc(-c2ccccc2)ccn1.[Ir]. The zero-order chi connectivity index (χ0) is 22.0. The van der Waals surface area contributed by atoms with E-state index in [1.54, 1.807) is 0 Å². The predicted molar refractivity (Wildman–Crippen MR) is 136 cm³/mol. The predicted octanol–water partition coefficient (Wildman–Crippen LogP) is 6.63. The number of hydrogen-bond donors (Lipinski definition) is 0. The van der Waals surface area contributed by atoms with E-state index in [2.05, 4.69) is 112 Å². The van der Waals surface area contributed by atoms with Gasteiger partial charge in [0.1, 0.15) is 11.6 Å². The van der Waals surface area contributed by atoms with Crippen LogP contribution in [0.4, 0.5) is 23.0 Å². The molecule has 1 aliphatic rings. The molecule has 0 fully saturated rings. The molecule has 0 saturated heterocycles. The number of anilines is 4. The fourth-order valence-corrected chi connectivity index (χ4v) is 4.20. The van der Waals surface area contributed by atoms with E-state index in [1.165, 1.54) is 11.1 Å². The van der Waals surface area contributed by atoms with Crippen LogP contribution in [0, 0.1) is 0 Å². The molecule has 3 aromatic carbocycles. The van der Waals surface area contributed by atoms with Crippen molar-refractivity contribution in [3.8, 4) is 22.3 Å². The molecule has 6 heteroatoms. The van der Waals surface area contributed by atoms with Crippen molar-refractivity contribution in [2.24, 2.45) is 0 Å². The summed E-state index contributed by atoms with van der Waals surface area (Å²) in [5.74, 6) is 1.73. The molecular weight excluding hydrogens is 595 g/mol. The molecule has 6 rings (SSSR count). The van der Waals surface area contributed by atoms with E-state index in [4.69, 9.17) is 0 Å². The van der Waals surface area contributed by atoms with E-state index in [9.17, 15) is 0 Å². The van der Waals surface area contributed by atoms with Crippen LogP contribution in [0.3, 0.4) is 0 Å². The van der Waals surface area contributed by atoms with Crippen LogP contribution in [0.1, 0.15) is 0 Å². The second-order valence-corrected chi connectivity index (χ2v) is 7.88. The van der Waals surface area contributed by atoms with Gasteiger partial charge in [0.25, 0.3) is 0 Å². The molecule has 164 valence electrons. The number of nitrogens with zero attached hydrogens (tertiary/aromatic N) is 4. The topological polar surface area (TPSA) is 32.3 Å². The summed E-state index contributed by atoms with van der Waals surface area (Å²) >= 11 is 0. The van der Waals surface area contributed by atoms with Gasteiger partial charge in [-0.3, -0.25) is 0 Å². The van der Waals surface area contributed by atoms with E-state index in [-0.39, 0.29) is 20.1 Å². The van der Waals surface area contributed by atoms with Gasteiger partial charge >= 0.3 is 7.55 Å². The molecule has 4 nitrogen and oxygen atoms in total. The van der Waals surface area contributed by atoms with Gasteiger partial charge in [0.05, 0.1) is 11.4 Å². The normalized spacial score (nSPS) is 12.0. The Bertz CT molecular complexity index is 1300. The first-order valence-electron chi connectivity index (χ1n) is 10.9. The van der Waals surface area contributed by atoms with Crippen molar-refractivity contribution in [2.45, 2.75) is 0 Å². The first-order valence-corrected chi connectivity index (χ1v) is 10.9. The maximum absolute atomic E-state index is 4.69. The van der Waals surface area contributed by atoms with Gasteiger partial charge in [-0.2, -0.15) is 0 Å². The van der Waals surface area contributed by atoms with Crippen molar-refractivity contribution < 1.29 is 20.1 Å². The number of pyridine rings is 2. The Morgan fingerprint density at radius 3 is 1.32 bits per heavy atom. The monoisotopic (exact) mass is 616 g/mol. The number of para-hydroxylation sites is 2. The van der Waals surface area contributed by atoms with Crippen molar-refractivity contribution in [1.29, 1.82) is 0 Å². The Labute approximate surface area is 213 Å². The van der Waals surface area contributed by atoms with Crippen LogP contribution in [-0.4, -0.2) is 17.5 Å². The second kappa shape index (κ2) is 9.64. The molecule has 0 N–H and O–H groups in total. The third-order valence-electron chi connectivity index (χ3n) is 5.83. The van der Waals surface area contributed by atoms with Crippen molar-refractivity contribution in [1.82, 2.24) is 9.97 Å². The molecule has 5 aromatic rings. The number of aromatic nitrogens is 2. The average Bonchev–Trinajstić information content (AvgIpc) is 3.30. The van der Waals surface area contributed by atoms with Crippen molar-refractivity contribution in [3.05, 3.63) is 122 Å². The minimum atomic E-state index is 0. The molecule has 3 heterocycles. The Morgan fingerprint density at radius 2 is 0.882 bits per heavy atom. The van der Waals surface area contributed by atoms with E-state index in [1.807, 2.05) is 36.7 Å². The van der Waals surface area contributed by atoms with E-state index >= 15 is 0 Å². The summed E-state index contributed by atoms with van der Waals surface area (Å²) in [6.07, 6.45) is 3.73. The van der Waals surface area contributed by atoms with Gasteiger partial charge in [-0.15, -0.1) is 0 Å². The molecular formula is C28H20BIrN4.